The summed E-state index contributed by atoms with van der Waals surface area (Å²) in [5.74, 6) is 1.01. The lowest BCUT2D eigenvalue weighted by molar-refractivity contribution is -0.119. The predicted molar refractivity (Wildman–Crippen MR) is 106 cm³/mol. The first-order valence-electron chi connectivity index (χ1n) is 8.40. The topological polar surface area (TPSA) is 38.3 Å². The molecule has 2 aromatic rings. The number of amides is 1. The quantitative estimate of drug-likeness (QED) is 0.659. The molecule has 0 bridgehead atoms. The fourth-order valence-corrected chi connectivity index (χ4v) is 3.87. The molecule has 2 aromatic carbocycles. The van der Waals surface area contributed by atoms with Crippen molar-refractivity contribution in [3.8, 4) is 5.75 Å². The van der Waals surface area contributed by atoms with E-state index in [9.17, 15) is 9.18 Å². The minimum Gasteiger partial charge on any atom is -0.496 e. The summed E-state index contributed by atoms with van der Waals surface area (Å²) in [6.45, 7) is 4.00. The third-order valence-corrected chi connectivity index (χ3v) is 5.42. The number of methoxy groups -OCH3 is 1. The number of thioether (sulfide) groups is 1. The maximum atomic E-state index is 13.8. The van der Waals surface area contributed by atoms with Crippen molar-refractivity contribution in [1.82, 2.24) is 5.32 Å². The number of carbonyl (C=O) groups excluding carboxylic acids is 1. The van der Waals surface area contributed by atoms with Gasteiger partial charge < -0.3 is 10.1 Å². The molecule has 0 aliphatic carbocycles. The number of halogens is 2. The molecule has 3 nitrogen and oxygen atoms in total. The van der Waals surface area contributed by atoms with Gasteiger partial charge in [0.1, 0.15) is 11.6 Å². The second-order valence-electron chi connectivity index (χ2n) is 5.95. The van der Waals surface area contributed by atoms with Crippen molar-refractivity contribution in [3.63, 3.8) is 0 Å². The van der Waals surface area contributed by atoms with Crippen molar-refractivity contribution < 1.29 is 13.9 Å². The van der Waals surface area contributed by atoms with Gasteiger partial charge in [-0.15, -0.1) is 11.8 Å². The van der Waals surface area contributed by atoms with Gasteiger partial charge in [-0.2, -0.15) is 0 Å². The second-order valence-corrected chi connectivity index (χ2v) is 7.34. The van der Waals surface area contributed by atoms with Crippen LogP contribution in [0.15, 0.2) is 36.4 Å². The first-order chi connectivity index (χ1) is 12.5. The van der Waals surface area contributed by atoms with Gasteiger partial charge in [0.25, 0.3) is 0 Å². The summed E-state index contributed by atoms with van der Waals surface area (Å²) < 4.78 is 19.0. The molecule has 2 rings (SSSR count). The van der Waals surface area contributed by atoms with Crippen molar-refractivity contribution in [2.75, 3.05) is 12.9 Å². The van der Waals surface area contributed by atoms with E-state index in [1.54, 1.807) is 19.2 Å². The van der Waals surface area contributed by atoms with Gasteiger partial charge in [0.2, 0.25) is 5.91 Å². The minimum atomic E-state index is -0.342. The zero-order valence-electron chi connectivity index (χ0n) is 15.1. The summed E-state index contributed by atoms with van der Waals surface area (Å²) in [7, 11) is 1.64. The summed E-state index contributed by atoms with van der Waals surface area (Å²) in [6, 6.07) is 10.4. The van der Waals surface area contributed by atoms with E-state index >= 15 is 0 Å². The molecule has 0 heterocycles. The van der Waals surface area contributed by atoms with Crippen LogP contribution in [0.25, 0.3) is 0 Å². The first kappa shape index (κ1) is 20.6. The van der Waals surface area contributed by atoms with Crippen molar-refractivity contribution in [2.45, 2.75) is 32.1 Å². The third-order valence-electron chi connectivity index (χ3n) is 4.11. The van der Waals surface area contributed by atoms with Crippen LogP contribution < -0.4 is 10.1 Å². The van der Waals surface area contributed by atoms with Crippen LogP contribution in [0.1, 0.15) is 36.1 Å². The number of benzene rings is 2. The highest BCUT2D eigenvalue weighted by molar-refractivity contribution is 7.99. The van der Waals surface area contributed by atoms with E-state index in [2.05, 4.69) is 5.32 Å². The molecule has 1 atom stereocenters. The van der Waals surface area contributed by atoms with Crippen molar-refractivity contribution in [1.29, 1.82) is 0 Å². The van der Waals surface area contributed by atoms with Crippen LogP contribution in [-0.2, 0) is 10.5 Å². The smallest absolute Gasteiger partial charge is 0.230 e. The molecular weight excluding hydrogens is 373 g/mol. The zero-order valence-corrected chi connectivity index (χ0v) is 16.7. The Kier molecular flexibility index (Phi) is 7.79. The largest absolute Gasteiger partial charge is 0.496 e. The number of rotatable bonds is 8. The van der Waals surface area contributed by atoms with Gasteiger partial charge in [-0.3, -0.25) is 4.79 Å². The Hall–Kier alpha value is -1.72. The predicted octanol–water partition coefficient (Wildman–Crippen LogP) is 5.30. The van der Waals surface area contributed by atoms with Gasteiger partial charge in [0.05, 0.1) is 18.9 Å². The van der Waals surface area contributed by atoms with Crippen LogP contribution >= 0.6 is 23.4 Å². The molecule has 0 fully saturated rings. The average molecular weight is 396 g/mol. The summed E-state index contributed by atoms with van der Waals surface area (Å²) in [4.78, 5) is 12.3. The maximum Gasteiger partial charge on any atom is 0.230 e. The van der Waals surface area contributed by atoms with Gasteiger partial charge in [-0.05, 0) is 42.7 Å². The summed E-state index contributed by atoms with van der Waals surface area (Å²) >= 11 is 7.35. The Morgan fingerprint density at radius 1 is 1.35 bits per heavy atom. The second kappa shape index (κ2) is 9.83. The fraction of sp³-hybridized carbons (Fsp3) is 0.350. The SMILES string of the molecule is CCC(NC(=O)CSCc1c(F)cccc1Cl)c1ccc(OC)c(C)c1. The van der Waals surface area contributed by atoms with Gasteiger partial charge in [0, 0.05) is 16.3 Å². The van der Waals surface area contributed by atoms with Crippen molar-refractivity contribution >= 4 is 29.3 Å². The van der Waals surface area contributed by atoms with Crippen LogP contribution in [0.3, 0.4) is 0 Å². The maximum absolute atomic E-state index is 13.8. The fourth-order valence-electron chi connectivity index (χ4n) is 2.69. The van der Waals surface area contributed by atoms with E-state index in [-0.39, 0.29) is 23.5 Å². The van der Waals surface area contributed by atoms with Crippen molar-refractivity contribution in [3.05, 3.63) is 63.9 Å². The molecule has 6 heteroatoms. The number of hydrogen-bond acceptors (Lipinski definition) is 3. The van der Waals surface area contributed by atoms with E-state index in [4.69, 9.17) is 16.3 Å². The lowest BCUT2D eigenvalue weighted by Crippen LogP contribution is -2.29. The van der Waals surface area contributed by atoms with E-state index in [1.165, 1.54) is 17.8 Å². The Morgan fingerprint density at radius 3 is 2.73 bits per heavy atom. The van der Waals surface area contributed by atoms with Crippen LogP contribution in [0, 0.1) is 12.7 Å². The molecule has 140 valence electrons. The van der Waals surface area contributed by atoms with Crippen LogP contribution in [0.2, 0.25) is 5.02 Å². The molecule has 0 radical (unpaired) electrons. The highest BCUT2D eigenvalue weighted by Crippen LogP contribution is 2.26. The molecule has 0 aliphatic rings. The Morgan fingerprint density at radius 2 is 2.12 bits per heavy atom. The Balaban J connectivity index is 1.92. The van der Waals surface area contributed by atoms with E-state index in [0.29, 0.717) is 16.3 Å². The minimum absolute atomic E-state index is 0.0650. The summed E-state index contributed by atoms with van der Waals surface area (Å²) in [6.07, 6.45) is 0.779. The van der Waals surface area contributed by atoms with Crippen LogP contribution in [0.5, 0.6) is 5.75 Å². The highest BCUT2D eigenvalue weighted by atomic mass is 35.5. The molecule has 0 saturated carbocycles. The number of ether oxygens (including phenoxy) is 1. The molecular formula is C20H23ClFNO2S. The van der Waals surface area contributed by atoms with E-state index in [1.807, 2.05) is 32.0 Å². The summed E-state index contributed by atoms with van der Waals surface area (Å²) in [5.41, 5.74) is 2.51. The lowest BCUT2D eigenvalue weighted by atomic mass is 10.0. The molecule has 0 aromatic heterocycles. The van der Waals surface area contributed by atoms with E-state index < -0.39 is 0 Å². The number of carbonyl (C=O) groups is 1. The molecule has 1 N–H and O–H groups in total. The van der Waals surface area contributed by atoms with Gasteiger partial charge in [-0.1, -0.05) is 36.7 Å². The standard InChI is InChI=1S/C20H23ClFNO2S/c1-4-18(14-8-9-19(25-3)13(2)10-14)23-20(24)12-26-11-15-16(21)6-5-7-17(15)22/h5-10,18H,4,11-12H2,1-3H3,(H,23,24). The van der Waals surface area contributed by atoms with Crippen LogP contribution in [0.4, 0.5) is 4.39 Å². The zero-order chi connectivity index (χ0) is 19.1. The molecule has 0 saturated heterocycles. The first-order valence-corrected chi connectivity index (χ1v) is 9.94. The molecule has 26 heavy (non-hydrogen) atoms. The van der Waals surface area contributed by atoms with Crippen LogP contribution in [-0.4, -0.2) is 18.8 Å². The lowest BCUT2D eigenvalue weighted by Gasteiger charge is -2.19. The van der Waals surface area contributed by atoms with E-state index in [0.717, 1.165) is 23.3 Å². The summed E-state index contributed by atoms with van der Waals surface area (Å²) in [5, 5.41) is 3.42. The molecule has 1 amide bonds. The average Bonchev–Trinajstić information content (AvgIpc) is 2.62. The monoisotopic (exact) mass is 395 g/mol. The number of hydrogen-bond donors (Lipinski definition) is 1. The molecule has 0 spiro atoms. The molecule has 1 unspecified atom stereocenters. The number of aryl methyl sites for hydroxylation is 1. The Labute approximate surface area is 163 Å². The molecule has 0 aliphatic heterocycles. The van der Waals surface area contributed by atoms with Gasteiger partial charge >= 0.3 is 0 Å². The normalized spacial score (nSPS) is 11.9. The Bertz CT molecular complexity index is 749. The third kappa shape index (κ3) is 5.39. The highest BCUT2D eigenvalue weighted by Gasteiger charge is 2.15. The number of nitrogens with one attached hydrogen (secondary N) is 1. The van der Waals surface area contributed by atoms with Gasteiger partial charge in [0.15, 0.2) is 0 Å². The van der Waals surface area contributed by atoms with Gasteiger partial charge in [-0.25, -0.2) is 4.39 Å². The van der Waals surface area contributed by atoms with Crippen molar-refractivity contribution in [2.24, 2.45) is 0 Å².